The second-order valence-electron chi connectivity index (χ2n) is 5.21. The Labute approximate surface area is 135 Å². The van der Waals surface area contributed by atoms with Crippen molar-refractivity contribution in [3.8, 4) is 0 Å². The van der Waals surface area contributed by atoms with E-state index in [1.165, 1.54) is 12.1 Å². The Morgan fingerprint density at radius 3 is 2.91 bits per heavy atom. The first-order valence-corrected chi connectivity index (χ1v) is 7.58. The fourth-order valence-corrected chi connectivity index (χ4v) is 2.25. The first-order chi connectivity index (χ1) is 11.2. The second kappa shape index (κ2) is 8.95. The molecule has 2 aromatic rings. The molecular weight excluding hydrogens is 297 g/mol. The quantitative estimate of drug-likeness (QED) is 0.735. The molecular formula is C17H22FN3O2. The molecule has 1 aromatic heterocycles. The van der Waals surface area contributed by atoms with Gasteiger partial charge >= 0.3 is 6.03 Å². The first kappa shape index (κ1) is 17.0. The average Bonchev–Trinajstić information content (AvgIpc) is 2.97. The zero-order valence-electron chi connectivity index (χ0n) is 13.2. The van der Waals surface area contributed by atoms with Crippen LogP contribution in [0.1, 0.15) is 17.7 Å². The summed E-state index contributed by atoms with van der Waals surface area (Å²) < 4.78 is 20.1. The number of carbonyl (C=O) groups is 1. The molecule has 0 unspecified atom stereocenters. The van der Waals surface area contributed by atoms with Gasteiger partial charge in [-0.2, -0.15) is 0 Å². The number of aromatic nitrogens is 1. The average molecular weight is 319 g/mol. The number of urea groups is 1. The Morgan fingerprint density at radius 2 is 2.13 bits per heavy atom. The van der Waals surface area contributed by atoms with Crippen molar-refractivity contribution in [2.75, 3.05) is 20.3 Å². The minimum absolute atomic E-state index is 0.209. The third-order valence-corrected chi connectivity index (χ3v) is 3.41. The SMILES string of the molecule is COCCCNC(=O)NCc1cccn1Cc1cccc(F)c1. The number of carbonyl (C=O) groups excluding carboxylic acids is 1. The predicted molar refractivity (Wildman–Crippen MR) is 86.7 cm³/mol. The molecule has 2 rings (SSSR count). The summed E-state index contributed by atoms with van der Waals surface area (Å²) in [4.78, 5) is 11.7. The molecule has 1 aromatic carbocycles. The third-order valence-electron chi connectivity index (χ3n) is 3.41. The van der Waals surface area contributed by atoms with Crippen LogP contribution in [-0.2, 0) is 17.8 Å². The molecule has 6 heteroatoms. The molecule has 0 saturated carbocycles. The van der Waals surface area contributed by atoms with Crippen LogP contribution >= 0.6 is 0 Å². The van der Waals surface area contributed by atoms with Crippen molar-refractivity contribution >= 4 is 6.03 Å². The molecule has 2 amide bonds. The molecule has 0 saturated heterocycles. The molecule has 0 aliphatic rings. The minimum Gasteiger partial charge on any atom is -0.385 e. The standard InChI is InChI=1S/C17H22FN3O2/c1-23-10-4-8-19-17(22)20-12-16-7-3-9-21(16)13-14-5-2-6-15(18)11-14/h2-3,5-7,9,11H,4,8,10,12-13H2,1H3,(H2,19,20,22). The Hall–Kier alpha value is -2.34. The van der Waals surface area contributed by atoms with Crippen LogP contribution in [0, 0.1) is 5.82 Å². The number of nitrogens with one attached hydrogen (secondary N) is 2. The van der Waals surface area contributed by atoms with Crippen molar-refractivity contribution < 1.29 is 13.9 Å². The Kier molecular flexibility index (Phi) is 6.62. The topological polar surface area (TPSA) is 55.3 Å². The molecule has 5 nitrogen and oxygen atoms in total. The normalized spacial score (nSPS) is 10.5. The van der Waals surface area contributed by atoms with Crippen molar-refractivity contribution in [3.05, 3.63) is 59.7 Å². The van der Waals surface area contributed by atoms with E-state index in [-0.39, 0.29) is 11.8 Å². The number of halogens is 1. The Morgan fingerprint density at radius 1 is 1.26 bits per heavy atom. The monoisotopic (exact) mass is 319 g/mol. The summed E-state index contributed by atoms with van der Waals surface area (Å²) in [5.74, 6) is -0.246. The zero-order valence-corrected chi connectivity index (χ0v) is 13.2. The van der Waals surface area contributed by atoms with Crippen molar-refractivity contribution in [1.29, 1.82) is 0 Å². The van der Waals surface area contributed by atoms with Crippen LogP contribution in [0.15, 0.2) is 42.6 Å². The van der Waals surface area contributed by atoms with E-state index in [0.717, 1.165) is 17.7 Å². The van der Waals surface area contributed by atoms with Crippen molar-refractivity contribution in [1.82, 2.24) is 15.2 Å². The molecule has 124 valence electrons. The summed E-state index contributed by atoms with van der Waals surface area (Å²) in [6.45, 7) is 2.18. The van der Waals surface area contributed by atoms with Gasteiger partial charge in [0.25, 0.3) is 0 Å². The van der Waals surface area contributed by atoms with Gasteiger partial charge in [-0.25, -0.2) is 9.18 Å². The van der Waals surface area contributed by atoms with Gasteiger partial charge < -0.3 is 19.9 Å². The van der Waals surface area contributed by atoms with Gasteiger partial charge in [0.1, 0.15) is 5.82 Å². The van der Waals surface area contributed by atoms with E-state index in [1.807, 2.05) is 29.0 Å². The molecule has 0 bridgehead atoms. The third kappa shape index (κ3) is 5.75. The highest BCUT2D eigenvalue weighted by molar-refractivity contribution is 5.73. The van der Waals surface area contributed by atoms with E-state index in [1.54, 1.807) is 13.2 Å². The summed E-state index contributed by atoms with van der Waals surface area (Å²) in [6.07, 6.45) is 2.69. The van der Waals surface area contributed by atoms with Gasteiger partial charge in [-0.3, -0.25) is 0 Å². The molecule has 0 atom stereocenters. The summed E-state index contributed by atoms with van der Waals surface area (Å²) in [7, 11) is 1.63. The number of ether oxygens (including phenoxy) is 1. The molecule has 0 aliphatic heterocycles. The number of nitrogens with zero attached hydrogens (tertiary/aromatic N) is 1. The highest BCUT2D eigenvalue weighted by Gasteiger charge is 2.05. The lowest BCUT2D eigenvalue weighted by molar-refractivity contribution is 0.193. The number of benzene rings is 1. The maximum atomic E-state index is 13.2. The van der Waals surface area contributed by atoms with Crippen molar-refractivity contribution in [2.24, 2.45) is 0 Å². The van der Waals surface area contributed by atoms with Crippen LogP contribution in [0.5, 0.6) is 0 Å². The van der Waals surface area contributed by atoms with Crippen LogP contribution in [0.3, 0.4) is 0 Å². The lowest BCUT2D eigenvalue weighted by Crippen LogP contribution is -2.36. The van der Waals surface area contributed by atoms with E-state index in [9.17, 15) is 9.18 Å². The molecule has 0 aliphatic carbocycles. The van der Waals surface area contributed by atoms with Crippen LogP contribution in [0.4, 0.5) is 9.18 Å². The Bertz CT molecular complexity index is 628. The van der Waals surface area contributed by atoms with Gasteiger partial charge in [0.2, 0.25) is 0 Å². The van der Waals surface area contributed by atoms with Crippen LogP contribution in [0.25, 0.3) is 0 Å². The fourth-order valence-electron chi connectivity index (χ4n) is 2.25. The molecule has 0 spiro atoms. The van der Waals surface area contributed by atoms with Gasteiger partial charge in [0, 0.05) is 38.7 Å². The van der Waals surface area contributed by atoms with E-state index < -0.39 is 0 Å². The van der Waals surface area contributed by atoms with Gasteiger partial charge in [-0.1, -0.05) is 12.1 Å². The highest BCUT2D eigenvalue weighted by atomic mass is 19.1. The number of hydrogen-bond donors (Lipinski definition) is 2. The lowest BCUT2D eigenvalue weighted by Gasteiger charge is -2.11. The fraction of sp³-hybridized carbons (Fsp3) is 0.353. The van der Waals surface area contributed by atoms with Gasteiger partial charge in [-0.05, 0) is 36.2 Å². The summed E-state index contributed by atoms with van der Waals surface area (Å²) in [5, 5.41) is 5.58. The van der Waals surface area contributed by atoms with Crippen LogP contribution < -0.4 is 10.6 Å². The Balaban J connectivity index is 1.83. The summed E-state index contributed by atoms with van der Waals surface area (Å²) in [6, 6.07) is 10.1. The molecule has 2 N–H and O–H groups in total. The smallest absolute Gasteiger partial charge is 0.315 e. The predicted octanol–water partition coefficient (Wildman–Crippen LogP) is 2.51. The van der Waals surface area contributed by atoms with E-state index in [4.69, 9.17) is 4.74 Å². The molecule has 1 heterocycles. The van der Waals surface area contributed by atoms with Gasteiger partial charge in [0.05, 0.1) is 6.54 Å². The lowest BCUT2D eigenvalue weighted by atomic mass is 10.2. The highest BCUT2D eigenvalue weighted by Crippen LogP contribution is 2.09. The minimum atomic E-state index is -0.246. The number of hydrogen-bond acceptors (Lipinski definition) is 2. The van der Waals surface area contributed by atoms with E-state index in [2.05, 4.69) is 10.6 Å². The largest absolute Gasteiger partial charge is 0.385 e. The zero-order chi connectivity index (χ0) is 16.5. The molecule has 23 heavy (non-hydrogen) atoms. The first-order valence-electron chi connectivity index (χ1n) is 7.58. The second-order valence-corrected chi connectivity index (χ2v) is 5.21. The number of amides is 2. The van der Waals surface area contributed by atoms with Crippen LogP contribution in [-0.4, -0.2) is 30.9 Å². The van der Waals surface area contributed by atoms with Crippen LogP contribution in [0.2, 0.25) is 0 Å². The number of rotatable bonds is 8. The van der Waals surface area contributed by atoms with E-state index in [0.29, 0.717) is 26.2 Å². The van der Waals surface area contributed by atoms with Gasteiger partial charge in [0.15, 0.2) is 0 Å². The van der Waals surface area contributed by atoms with Crippen molar-refractivity contribution in [3.63, 3.8) is 0 Å². The summed E-state index contributed by atoms with van der Waals surface area (Å²) >= 11 is 0. The molecule has 0 radical (unpaired) electrons. The maximum absolute atomic E-state index is 13.2. The van der Waals surface area contributed by atoms with E-state index >= 15 is 0 Å². The molecule has 0 fully saturated rings. The summed E-state index contributed by atoms with van der Waals surface area (Å²) in [5.41, 5.74) is 1.84. The maximum Gasteiger partial charge on any atom is 0.315 e. The van der Waals surface area contributed by atoms with Gasteiger partial charge in [-0.15, -0.1) is 0 Å². The van der Waals surface area contributed by atoms with Crippen molar-refractivity contribution in [2.45, 2.75) is 19.5 Å². The number of methoxy groups -OCH3 is 1.